The average Bonchev–Trinajstić information content (AvgIpc) is 3.11. The molecule has 0 aliphatic heterocycles. The number of hydrogen-bond acceptors (Lipinski definition) is 3. The Morgan fingerprint density at radius 1 is 1.22 bits per heavy atom. The molecular formula is C18H25NO3S. The number of sulfone groups is 1. The van der Waals surface area contributed by atoms with E-state index in [1.807, 2.05) is 12.1 Å². The maximum Gasteiger partial charge on any atom is 0.226 e. The van der Waals surface area contributed by atoms with Crippen molar-refractivity contribution in [2.24, 2.45) is 5.92 Å². The highest BCUT2D eigenvalue weighted by atomic mass is 32.2. The molecule has 0 unspecified atom stereocenters. The van der Waals surface area contributed by atoms with Crippen LogP contribution < -0.4 is 0 Å². The van der Waals surface area contributed by atoms with Gasteiger partial charge in [0.2, 0.25) is 5.91 Å². The molecule has 2 aliphatic carbocycles. The van der Waals surface area contributed by atoms with Gasteiger partial charge >= 0.3 is 0 Å². The van der Waals surface area contributed by atoms with Crippen molar-refractivity contribution in [2.45, 2.75) is 49.8 Å². The Labute approximate surface area is 138 Å². The topological polar surface area (TPSA) is 54.5 Å². The number of carbonyl (C=O) groups excluding carboxylic acids is 1. The Balaban J connectivity index is 1.71. The average molecular weight is 335 g/mol. The van der Waals surface area contributed by atoms with Crippen LogP contribution in [0.3, 0.4) is 0 Å². The summed E-state index contributed by atoms with van der Waals surface area (Å²) in [6, 6.07) is 8.05. The van der Waals surface area contributed by atoms with E-state index < -0.39 is 15.1 Å². The number of carbonyl (C=O) groups is 1. The molecule has 2 aliphatic rings. The van der Waals surface area contributed by atoms with Crippen molar-refractivity contribution in [1.82, 2.24) is 4.90 Å². The van der Waals surface area contributed by atoms with E-state index in [1.165, 1.54) is 17.4 Å². The molecule has 0 heterocycles. The normalized spacial score (nSPS) is 30.2. The van der Waals surface area contributed by atoms with Gasteiger partial charge in [0.25, 0.3) is 0 Å². The standard InChI is InChI=1S/C18H25NO3S/c1-12-7-4-5-8-13(12)14-11-15(14)18(20)19(2)16-9-6-10-17(16)23(3,21)22/h4-5,7-8,14-17H,6,9-11H2,1-3H3/t14-,15-,16+,17+/m0/s1. The van der Waals surface area contributed by atoms with Crippen LogP contribution in [0.4, 0.5) is 0 Å². The highest BCUT2D eigenvalue weighted by molar-refractivity contribution is 7.91. The molecule has 4 nitrogen and oxygen atoms in total. The van der Waals surface area contributed by atoms with Crippen LogP contribution in [0.25, 0.3) is 0 Å². The molecule has 1 aromatic rings. The minimum atomic E-state index is -3.10. The zero-order chi connectivity index (χ0) is 16.8. The van der Waals surface area contributed by atoms with Crippen LogP contribution >= 0.6 is 0 Å². The molecule has 2 saturated carbocycles. The molecule has 0 N–H and O–H groups in total. The van der Waals surface area contributed by atoms with Crippen LogP contribution in [0.5, 0.6) is 0 Å². The number of amides is 1. The fourth-order valence-electron chi connectivity index (χ4n) is 4.09. The quantitative estimate of drug-likeness (QED) is 0.849. The van der Waals surface area contributed by atoms with Gasteiger partial charge in [0, 0.05) is 25.3 Å². The maximum atomic E-state index is 12.8. The third-order valence-electron chi connectivity index (χ3n) is 5.51. The molecule has 1 aromatic carbocycles. The van der Waals surface area contributed by atoms with Gasteiger partial charge in [-0.1, -0.05) is 24.3 Å². The summed E-state index contributed by atoms with van der Waals surface area (Å²) >= 11 is 0. The Hall–Kier alpha value is -1.36. The fourth-order valence-corrected chi connectivity index (χ4v) is 5.57. The molecule has 5 heteroatoms. The van der Waals surface area contributed by atoms with Crippen LogP contribution in [0.1, 0.15) is 42.7 Å². The van der Waals surface area contributed by atoms with Gasteiger partial charge in [-0.05, 0) is 49.7 Å². The predicted molar refractivity (Wildman–Crippen MR) is 91.1 cm³/mol. The summed E-state index contributed by atoms with van der Waals surface area (Å²) in [5, 5.41) is -0.396. The van der Waals surface area contributed by atoms with Crippen LogP contribution in [0.2, 0.25) is 0 Å². The fraction of sp³-hybridized carbons (Fsp3) is 0.611. The monoisotopic (exact) mass is 335 g/mol. The van der Waals surface area contributed by atoms with Crippen molar-refractivity contribution in [1.29, 1.82) is 0 Å². The second-order valence-electron chi connectivity index (χ2n) is 7.12. The van der Waals surface area contributed by atoms with Gasteiger partial charge in [-0.25, -0.2) is 8.42 Å². The summed E-state index contributed by atoms with van der Waals surface area (Å²) < 4.78 is 23.9. The smallest absolute Gasteiger partial charge is 0.226 e. The summed E-state index contributed by atoms with van der Waals surface area (Å²) in [5.74, 6) is 0.421. The first-order chi connectivity index (χ1) is 10.8. The molecular weight excluding hydrogens is 310 g/mol. The number of hydrogen-bond donors (Lipinski definition) is 0. The predicted octanol–water partition coefficient (Wildman–Crippen LogP) is 2.52. The van der Waals surface area contributed by atoms with E-state index in [9.17, 15) is 13.2 Å². The minimum absolute atomic E-state index is 0.0157. The van der Waals surface area contributed by atoms with Crippen LogP contribution in [-0.4, -0.2) is 43.8 Å². The molecule has 4 atom stereocenters. The number of rotatable bonds is 4. The van der Waals surface area contributed by atoms with E-state index >= 15 is 0 Å². The van der Waals surface area contributed by atoms with Crippen molar-refractivity contribution in [3.8, 4) is 0 Å². The van der Waals surface area contributed by atoms with E-state index in [-0.39, 0.29) is 17.9 Å². The lowest BCUT2D eigenvalue weighted by Crippen LogP contribution is -2.45. The Bertz CT molecular complexity index is 713. The summed E-state index contributed by atoms with van der Waals surface area (Å²) in [7, 11) is -1.32. The second-order valence-corrected chi connectivity index (χ2v) is 9.39. The van der Waals surface area contributed by atoms with Crippen molar-refractivity contribution in [3.63, 3.8) is 0 Å². The lowest BCUT2D eigenvalue weighted by molar-refractivity contribution is -0.133. The first kappa shape index (κ1) is 16.5. The van der Waals surface area contributed by atoms with Gasteiger partial charge in [0.05, 0.1) is 5.25 Å². The summed E-state index contributed by atoms with van der Waals surface area (Å²) in [6.07, 6.45) is 4.52. The van der Waals surface area contributed by atoms with Gasteiger partial charge in [-0.15, -0.1) is 0 Å². The summed E-state index contributed by atoms with van der Waals surface area (Å²) in [6.45, 7) is 2.08. The largest absolute Gasteiger partial charge is 0.341 e. The van der Waals surface area contributed by atoms with Gasteiger partial charge < -0.3 is 4.90 Å². The van der Waals surface area contributed by atoms with E-state index in [0.29, 0.717) is 12.3 Å². The number of nitrogens with zero attached hydrogens (tertiary/aromatic N) is 1. The van der Waals surface area contributed by atoms with E-state index in [1.54, 1.807) is 11.9 Å². The highest BCUT2D eigenvalue weighted by Gasteiger charge is 2.48. The number of benzene rings is 1. The number of aryl methyl sites for hydroxylation is 1. The lowest BCUT2D eigenvalue weighted by atomic mass is 10.0. The molecule has 0 saturated heterocycles. The van der Waals surface area contributed by atoms with Gasteiger partial charge in [-0.3, -0.25) is 4.79 Å². The minimum Gasteiger partial charge on any atom is -0.341 e. The second kappa shape index (κ2) is 5.93. The molecule has 0 aromatic heterocycles. The van der Waals surface area contributed by atoms with Gasteiger partial charge in [0.15, 0.2) is 9.84 Å². The molecule has 0 radical (unpaired) electrons. The molecule has 0 spiro atoms. The Kier molecular flexibility index (Phi) is 4.25. The van der Waals surface area contributed by atoms with Crippen molar-refractivity contribution < 1.29 is 13.2 Å². The van der Waals surface area contributed by atoms with Crippen LogP contribution in [-0.2, 0) is 14.6 Å². The Morgan fingerprint density at radius 3 is 2.57 bits per heavy atom. The molecule has 126 valence electrons. The van der Waals surface area contributed by atoms with Crippen molar-refractivity contribution in [2.75, 3.05) is 13.3 Å². The van der Waals surface area contributed by atoms with E-state index in [2.05, 4.69) is 19.1 Å². The zero-order valence-electron chi connectivity index (χ0n) is 14.0. The molecule has 2 fully saturated rings. The lowest BCUT2D eigenvalue weighted by Gasteiger charge is -2.29. The third kappa shape index (κ3) is 3.16. The highest BCUT2D eigenvalue weighted by Crippen LogP contribution is 2.49. The van der Waals surface area contributed by atoms with Crippen LogP contribution in [0, 0.1) is 12.8 Å². The first-order valence-electron chi connectivity index (χ1n) is 8.31. The molecule has 3 rings (SSSR count). The van der Waals surface area contributed by atoms with Crippen LogP contribution in [0.15, 0.2) is 24.3 Å². The summed E-state index contributed by atoms with van der Waals surface area (Å²) in [4.78, 5) is 14.5. The third-order valence-corrected chi connectivity index (χ3v) is 7.16. The first-order valence-corrected chi connectivity index (χ1v) is 10.3. The van der Waals surface area contributed by atoms with E-state index in [0.717, 1.165) is 19.3 Å². The Morgan fingerprint density at radius 2 is 1.91 bits per heavy atom. The zero-order valence-corrected chi connectivity index (χ0v) is 14.8. The molecule has 23 heavy (non-hydrogen) atoms. The maximum absolute atomic E-state index is 12.8. The van der Waals surface area contributed by atoms with Crippen molar-refractivity contribution >= 4 is 15.7 Å². The van der Waals surface area contributed by atoms with Gasteiger partial charge in [-0.2, -0.15) is 0 Å². The molecule has 0 bridgehead atoms. The van der Waals surface area contributed by atoms with Crippen molar-refractivity contribution in [3.05, 3.63) is 35.4 Å². The van der Waals surface area contributed by atoms with Gasteiger partial charge in [0.1, 0.15) is 0 Å². The SMILES string of the molecule is Cc1ccccc1[C@@H]1C[C@@H]1C(=O)N(C)[C@@H]1CCC[C@H]1S(C)(=O)=O. The van der Waals surface area contributed by atoms with E-state index in [4.69, 9.17) is 0 Å². The summed E-state index contributed by atoms with van der Waals surface area (Å²) in [5.41, 5.74) is 2.48. The molecule has 1 amide bonds.